The highest BCUT2D eigenvalue weighted by Gasteiger charge is 2.37. The molecule has 3 heterocycles. The van der Waals surface area contributed by atoms with E-state index >= 15 is 0 Å². The number of piperidine rings is 1. The zero-order valence-corrected chi connectivity index (χ0v) is 14.5. The standard InChI is InChI=1S/C17H27N5/c1-10-7-13-14(18-10)19-11(2)20-15(13)21-12-8-16(3,4)22-17(5,6)9-12/h7,12,22H,8-9H2,1-6H3,(H2,18,19,20,21). The predicted octanol–water partition coefficient (Wildman–Crippen LogP) is 3.30. The van der Waals surface area contributed by atoms with E-state index in [-0.39, 0.29) is 11.1 Å². The third kappa shape index (κ3) is 3.09. The number of nitrogens with one attached hydrogen (secondary N) is 3. The maximum atomic E-state index is 4.64. The predicted molar refractivity (Wildman–Crippen MR) is 91.3 cm³/mol. The summed E-state index contributed by atoms with van der Waals surface area (Å²) in [5, 5.41) is 8.48. The maximum absolute atomic E-state index is 4.64. The number of aryl methyl sites for hydroxylation is 2. The molecule has 2 aromatic rings. The van der Waals surface area contributed by atoms with Gasteiger partial charge in [-0.1, -0.05) is 0 Å². The molecule has 2 aromatic heterocycles. The second-order valence-electron chi connectivity index (χ2n) is 7.98. The van der Waals surface area contributed by atoms with Gasteiger partial charge in [0.25, 0.3) is 0 Å². The fourth-order valence-electron chi connectivity index (χ4n) is 3.98. The fourth-order valence-corrected chi connectivity index (χ4v) is 3.98. The van der Waals surface area contributed by atoms with Gasteiger partial charge in [-0.05, 0) is 60.5 Å². The summed E-state index contributed by atoms with van der Waals surface area (Å²) >= 11 is 0. The molecule has 1 aliphatic heterocycles. The molecule has 0 aromatic carbocycles. The molecule has 0 bridgehead atoms. The average Bonchev–Trinajstić information content (AvgIpc) is 2.64. The molecule has 0 spiro atoms. The van der Waals surface area contributed by atoms with E-state index in [1.807, 2.05) is 6.92 Å². The van der Waals surface area contributed by atoms with Crippen LogP contribution in [0.25, 0.3) is 11.0 Å². The van der Waals surface area contributed by atoms with Gasteiger partial charge in [-0.2, -0.15) is 0 Å². The van der Waals surface area contributed by atoms with Crippen LogP contribution in [0.1, 0.15) is 52.1 Å². The van der Waals surface area contributed by atoms with Gasteiger partial charge in [-0.3, -0.25) is 0 Å². The van der Waals surface area contributed by atoms with Crippen LogP contribution in [-0.4, -0.2) is 32.1 Å². The summed E-state index contributed by atoms with van der Waals surface area (Å²) in [4.78, 5) is 12.4. The minimum absolute atomic E-state index is 0.120. The lowest BCUT2D eigenvalue weighted by molar-refractivity contribution is 0.170. The van der Waals surface area contributed by atoms with E-state index in [1.165, 1.54) is 0 Å². The average molecular weight is 301 g/mol. The van der Waals surface area contributed by atoms with Crippen LogP contribution >= 0.6 is 0 Å². The minimum Gasteiger partial charge on any atom is -0.367 e. The molecule has 3 rings (SSSR count). The number of fused-ring (bicyclic) bond motifs is 1. The summed E-state index contributed by atoms with van der Waals surface area (Å²) in [6.45, 7) is 13.1. The number of anilines is 1. The van der Waals surface area contributed by atoms with Gasteiger partial charge in [-0.15, -0.1) is 0 Å². The van der Waals surface area contributed by atoms with Gasteiger partial charge < -0.3 is 15.6 Å². The Hall–Kier alpha value is -1.62. The molecule has 0 saturated carbocycles. The van der Waals surface area contributed by atoms with E-state index in [1.54, 1.807) is 0 Å². The molecule has 1 saturated heterocycles. The molecule has 22 heavy (non-hydrogen) atoms. The highest BCUT2D eigenvalue weighted by Crippen LogP contribution is 2.31. The quantitative estimate of drug-likeness (QED) is 0.796. The number of H-pyrrole nitrogens is 1. The van der Waals surface area contributed by atoms with Gasteiger partial charge in [0.2, 0.25) is 0 Å². The van der Waals surface area contributed by atoms with Crippen LogP contribution in [-0.2, 0) is 0 Å². The summed E-state index contributed by atoms with van der Waals surface area (Å²) in [6.07, 6.45) is 2.15. The monoisotopic (exact) mass is 301 g/mol. The molecule has 5 heteroatoms. The summed E-state index contributed by atoms with van der Waals surface area (Å²) in [6, 6.07) is 2.52. The van der Waals surface area contributed by atoms with Gasteiger partial charge >= 0.3 is 0 Å². The summed E-state index contributed by atoms with van der Waals surface area (Å²) in [5.41, 5.74) is 2.27. The zero-order chi connectivity index (χ0) is 16.1. The van der Waals surface area contributed by atoms with Gasteiger partial charge in [0.15, 0.2) is 0 Å². The largest absolute Gasteiger partial charge is 0.367 e. The molecule has 1 fully saturated rings. The lowest BCUT2D eigenvalue weighted by Crippen LogP contribution is -2.60. The number of rotatable bonds is 2. The maximum Gasteiger partial charge on any atom is 0.143 e. The summed E-state index contributed by atoms with van der Waals surface area (Å²) in [7, 11) is 0. The smallest absolute Gasteiger partial charge is 0.143 e. The Kier molecular flexibility index (Phi) is 3.44. The van der Waals surface area contributed by atoms with E-state index in [9.17, 15) is 0 Å². The van der Waals surface area contributed by atoms with Crippen LogP contribution in [0, 0.1) is 13.8 Å². The first kappa shape index (κ1) is 15.3. The highest BCUT2D eigenvalue weighted by atomic mass is 15.1. The molecular formula is C17H27N5. The zero-order valence-electron chi connectivity index (χ0n) is 14.5. The lowest BCUT2D eigenvalue weighted by atomic mass is 9.79. The van der Waals surface area contributed by atoms with Gasteiger partial charge in [0.1, 0.15) is 17.3 Å². The molecule has 0 atom stereocenters. The Balaban J connectivity index is 1.92. The second kappa shape index (κ2) is 4.95. The van der Waals surface area contributed by atoms with Crippen LogP contribution in [0.4, 0.5) is 5.82 Å². The number of hydrogen-bond acceptors (Lipinski definition) is 4. The van der Waals surface area contributed by atoms with E-state index < -0.39 is 0 Å². The Bertz CT molecular complexity index is 682. The van der Waals surface area contributed by atoms with Crippen molar-refractivity contribution in [2.45, 2.75) is 71.5 Å². The fraction of sp³-hybridized carbons (Fsp3) is 0.647. The third-order valence-corrected chi connectivity index (χ3v) is 4.26. The Morgan fingerprint density at radius 3 is 2.36 bits per heavy atom. The van der Waals surface area contributed by atoms with E-state index in [4.69, 9.17) is 0 Å². The number of aromatic nitrogens is 3. The van der Waals surface area contributed by atoms with Gasteiger partial charge in [0.05, 0.1) is 5.39 Å². The second-order valence-corrected chi connectivity index (χ2v) is 7.98. The summed E-state index contributed by atoms with van der Waals surface area (Å²) < 4.78 is 0. The molecule has 0 amide bonds. The first-order chi connectivity index (χ1) is 10.1. The number of nitrogens with zero attached hydrogens (tertiary/aromatic N) is 2. The van der Waals surface area contributed by atoms with Crippen molar-refractivity contribution < 1.29 is 0 Å². The van der Waals surface area contributed by atoms with Crippen molar-refractivity contribution in [3.63, 3.8) is 0 Å². The summed E-state index contributed by atoms with van der Waals surface area (Å²) in [5.74, 6) is 1.75. The molecule has 0 radical (unpaired) electrons. The van der Waals surface area contributed by atoms with Crippen LogP contribution in [0.5, 0.6) is 0 Å². The molecule has 3 N–H and O–H groups in total. The highest BCUT2D eigenvalue weighted by molar-refractivity contribution is 5.88. The van der Waals surface area contributed by atoms with Crippen molar-refractivity contribution >= 4 is 16.9 Å². The van der Waals surface area contributed by atoms with Crippen molar-refractivity contribution in [1.82, 2.24) is 20.3 Å². The molecule has 0 unspecified atom stereocenters. The normalized spacial score (nSPS) is 21.2. The molecule has 5 nitrogen and oxygen atoms in total. The Morgan fingerprint density at radius 2 is 1.73 bits per heavy atom. The van der Waals surface area contributed by atoms with Crippen molar-refractivity contribution in [1.29, 1.82) is 0 Å². The van der Waals surface area contributed by atoms with E-state index in [0.717, 1.165) is 41.2 Å². The topological polar surface area (TPSA) is 65.6 Å². The van der Waals surface area contributed by atoms with Crippen molar-refractivity contribution in [3.8, 4) is 0 Å². The van der Waals surface area contributed by atoms with Crippen molar-refractivity contribution in [3.05, 3.63) is 17.6 Å². The van der Waals surface area contributed by atoms with E-state index in [0.29, 0.717) is 6.04 Å². The van der Waals surface area contributed by atoms with Crippen molar-refractivity contribution in [2.75, 3.05) is 5.32 Å². The third-order valence-electron chi connectivity index (χ3n) is 4.26. The Morgan fingerprint density at radius 1 is 1.09 bits per heavy atom. The SMILES string of the molecule is Cc1nc(NC2CC(C)(C)NC(C)(C)C2)c2cc(C)[nH]c2n1. The number of hydrogen-bond donors (Lipinski definition) is 3. The number of aromatic amines is 1. The molecule has 0 aliphatic carbocycles. The van der Waals surface area contributed by atoms with Crippen molar-refractivity contribution in [2.24, 2.45) is 0 Å². The van der Waals surface area contributed by atoms with Gasteiger partial charge in [-0.25, -0.2) is 9.97 Å². The first-order valence-electron chi connectivity index (χ1n) is 8.03. The minimum atomic E-state index is 0.120. The first-order valence-corrected chi connectivity index (χ1v) is 8.03. The van der Waals surface area contributed by atoms with Crippen LogP contribution in [0.3, 0.4) is 0 Å². The van der Waals surface area contributed by atoms with Crippen LogP contribution < -0.4 is 10.6 Å². The Labute approximate surface area is 132 Å². The molecule has 120 valence electrons. The van der Waals surface area contributed by atoms with Crippen LogP contribution in [0.15, 0.2) is 6.07 Å². The van der Waals surface area contributed by atoms with Gasteiger partial charge in [0, 0.05) is 22.8 Å². The molecule has 1 aliphatic rings. The van der Waals surface area contributed by atoms with E-state index in [2.05, 4.69) is 66.3 Å². The molecular weight excluding hydrogens is 274 g/mol. The van der Waals surface area contributed by atoms with Crippen LogP contribution in [0.2, 0.25) is 0 Å². The lowest BCUT2D eigenvalue weighted by Gasteiger charge is -2.46.